The normalized spacial score (nSPS) is 22.1. The highest BCUT2D eigenvalue weighted by molar-refractivity contribution is 7.47. The molecule has 1 aliphatic heterocycles. The molecule has 0 aromatic carbocycles. The minimum Gasteiger partial charge on any atom is -0.464 e. The number of carbonyl (C=O) groups excluding carboxylic acids is 3. The molecule has 7 atom stereocenters. The highest BCUT2D eigenvalue weighted by atomic mass is 35.5. The SMILES string of the molecule is CC(C)(CCn1cc(CCCCCOC2O[C@H](CO)[C@H](O)[C@H](O)[C@H]2O)nn1)OCC(C)(C)OCCC(=O)NCCOP(=O)(O)OC[C@@H](COC=O)OC(=O)Cl. The Morgan fingerprint density at radius 3 is 2.47 bits per heavy atom. The van der Waals surface area contributed by atoms with Crippen LogP contribution in [-0.2, 0) is 64.6 Å². The fraction of sp³-hybridized carbons (Fsp3) is 0.844. The third-order valence-electron chi connectivity index (χ3n) is 8.08. The number of nitrogens with one attached hydrogen (secondary N) is 1. The second-order valence-electron chi connectivity index (χ2n) is 13.9. The molecule has 55 heavy (non-hydrogen) atoms. The number of hydrogen-bond acceptors (Lipinski definition) is 18. The summed E-state index contributed by atoms with van der Waals surface area (Å²) >= 11 is 5.10. The van der Waals surface area contributed by atoms with Crippen molar-refractivity contribution in [3.05, 3.63) is 11.9 Å². The molecule has 1 aliphatic rings. The van der Waals surface area contributed by atoms with Crippen molar-refractivity contribution in [2.75, 3.05) is 52.8 Å². The van der Waals surface area contributed by atoms with Crippen LogP contribution in [0.4, 0.5) is 4.79 Å². The van der Waals surface area contributed by atoms with E-state index in [2.05, 4.69) is 25.1 Å². The van der Waals surface area contributed by atoms with E-state index < -0.39 is 81.1 Å². The molecular formula is C32H56ClN4O17P. The topological polar surface area (TPSA) is 286 Å². The maximum atomic E-state index is 12.2. The summed E-state index contributed by atoms with van der Waals surface area (Å²) in [5.41, 5.74) is -1.64. The molecule has 0 radical (unpaired) electrons. The first kappa shape index (κ1) is 48.8. The summed E-state index contributed by atoms with van der Waals surface area (Å²) in [5.74, 6) is -0.387. The van der Waals surface area contributed by atoms with E-state index in [1.165, 1.54) is 0 Å². The quantitative estimate of drug-likeness (QED) is 0.0275. The van der Waals surface area contributed by atoms with Crippen LogP contribution in [0.25, 0.3) is 0 Å². The van der Waals surface area contributed by atoms with Crippen LogP contribution < -0.4 is 5.32 Å². The van der Waals surface area contributed by atoms with Gasteiger partial charge in [-0.05, 0) is 53.4 Å². The number of nitrogens with zero attached hydrogens (tertiary/aromatic N) is 3. The van der Waals surface area contributed by atoms with Gasteiger partial charge in [0.15, 0.2) is 12.4 Å². The molecular weight excluding hydrogens is 779 g/mol. The van der Waals surface area contributed by atoms with E-state index >= 15 is 0 Å². The van der Waals surface area contributed by atoms with E-state index in [4.69, 9.17) is 39.6 Å². The van der Waals surface area contributed by atoms with Crippen LogP contribution in [0.1, 0.15) is 65.5 Å². The predicted octanol–water partition coefficient (Wildman–Crippen LogP) is 0.345. The molecule has 6 N–H and O–H groups in total. The second kappa shape index (κ2) is 24.4. The highest BCUT2D eigenvalue weighted by Gasteiger charge is 2.44. The lowest BCUT2D eigenvalue weighted by Crippen LogP contribution is -2.59. The van der Waals surface area contributed by atoms with Gasteiger partial charge in [-0.2, -0.15) is 0 Å². The number of rotatable bonds is 29. The van der Waals surface area contributed by atoms with Crippen LogP contribution in [0.15, 0.2) is 6.20 Å². The first-order valence-corrected chi connectivity index (χ1v) is 19.6. The van der Waals surface area contributed by atoms with Crippen molar-refractivity contribution in [2.45, 2.75) is 121 Å². The van der Waals surface area contributed by atoms with Crippen molar-refractivity contribution >= 4 is 37.2 Å². The fourth-order valence-corrected chi connectivity index (χ4v) is 5.76. The molecule has 0 spiro atoms. The molecule has 2 rings (SSSR count). The number of aryl methyl sites for hydroxylation is 2. The third kappa shape index (κ3) is 20.1. The summed E-state index contributed by atoms with van der Waals surface area (Å²) in [6, 6.07) is 0. The summed E-state index contributed by atoms with van der Waals surface area (Å²) in [5, 5.41) is 50.0. The van der Waals surface area contributed by atoms with Crippen molar-refractivity contribution in [3.8, 4) is 0 Å². The minimum absolute atomic E-state index is 0.00682. The number of amides is 1. The molecule has 1 fully saturated rings. The first-order valence-electron chi connectivity index (χ1n) is 17.8. The molecule has 2 unspecified atom stereocenters. The van der Waals surface area contributed by atoms with Gasteiger partial charge in [0.2, 0.25) is 5.91 Å². The highest BCUT2D eigenvalue weighted by Crippen LogP contribution is 2.43. The van der Waals surface area contributed by atoms with Crippen LogP contribution in [0.3, 0.4) is 0 Å². The third-order valence-corrected chi connectivity index (χ3v) is 9.15. The van der Waals surface area contributed by atoms with Gasteiger partial charge in [0.05, 0.1) is 49.9 Å². The number of aromatic nitrogens is 3. The van der Waals surface area contributed by atoms with Crippen LogP contribution in [-0.4, -0.2) is 159 Å². The summed E-state index contributed by atoms with van der Waals surface area (Å²) in [6.07, 6.45) is -2.20. The van der Waals surface area contributed by atoms with Crippen LogP contribution in [0.2, 0.25) is 0 Å². The van der Waals surface area contributed by atoms with E-state index in [1.807, 2.05) is 33.9 Å². The number of carbonyl (C=O) groups is 3. The average molecular weight is 835 g/mol. The van der Waals surface area contributed by atoms with Crippen molar-refractivity contribution < 1.29 is 81.7 Å². The Labute approximate surface area is 324 Å². The number of aliphatic hydroxyl groups is 4. The second-order valence-corrected chi connectivity index (χ2v) is 15.6. The van der Waals surface area contributed by atoms with Crippen molar-refractivity contribution in [3.63, 3.8) is 0 Å². The Kier molecular flexibility index (Phi) is 21.7. The molecule has 0 bridgehead atoms. The fourth-order valence-electron chi connectivity index (χ4n) is 4.89. The lowest BCUT2D eigenvalue weighted by atomic mass is 9.99. The molecule has 0 aliphatic carbocycles. The van der Waals surface area contributed by atoms with Gasteiger partial charge in [0, 0.05) is 43.9 Å². The number of aliphatic hydroxyl groups excluding tert-OH is 4. The molecule has 2 heterocycles. The number of hydrogen-bond donors (Lipinski definition) is 6. The first-order chi connectivity index (χ1) is 25.9. The monoisotopic (exact) mass is 834 g/mol. The number of ether oxygens (including phenoxy) is 6. The molecule has 1 saturated heterocycles. The molecule has 1 amide bonds. The average Bonchev–Trinajstić information content (AvgIpc) is 3.58. The summed E-state index contributed by atoms with van der Waals surface area (Å²) in [7, 11) is -4.59. The van der Waals surface area contributed by atoms with Gasteiger partial charge in [-0.15, -0.1) is 5.10 Å². The van der Waals surface area contributed by atoms with Gasteiger partial charge in [0.25, 0.3) is 6.47 Å². The van der Waals surface area contributed by atoms with Gasteiger partial charge in [-0.1, -0.05) is 11.6 Å². The maximum Gasteiger partial charge on any atom is 0.472 e. The van der Waals surface area contributed by atoms with Crippen molar-refractivity contribution in [2.24, 2.45) is 0 Å². The van der Waals surface area contributed by atoms with Crippen molar-refractivity contribution in [1.82, 2.24) is 20.3 Å². The predicted molar refractivity (Wildman–Crippen MR) is 189 cm³/mol. The molecule has 1 aromatic rings. The van der Waals surface area contributed by atoms with E-state index in [0.717, 1.165) is 18.5 Å². The van der Waals surface area contributed by atoms with E-state index in [-0.39, 0.29) is 51.8 Å². The number of phosphoric acid groups is 1. The Hall–Kier alpha value is -2.37. The zero-order valence-electron chi connectivity index (χ0n) is 31.5. The van der Waals surface area contributed by atoms with Gasteiger partial charge < -0.3 is 59.1 Å². The van der Waals surface area contributed by atoms with Gasteiger partial charge in [-0.3, -0.25) is 23.3 Å². The zero-order valence-corrected chi connectivity index (χ0v) is 33.2. The standard InChI is InChI=1S/C32H56ClN4O17P/c1-31(2,10-12-37-16-22(35-36-37)8-6-5-7-13-48-29-28(43)27(42)26(41)24(17-38)54-29)50-20-32(3,4)49-14-9-25(40)34-11-15-51-55(45,46)52-19-23(18-47-21-39)53-30(33)44/h16,21,23-24,26-29,38,41-43H,5-15,17-20H2,1-4H3,(H,34,40)(H,45,46)/t23-,24-,26+,27+,28-,29?/m1/s1. The molecule has 0 saturated carbocycles. The minimum atomic E-state index is -4.59. The summed E-state index contributed by atoms with van der Waals surface area (Å²) in [4.78, 5) is 43.2. The largest absolute Gasteiger partial charge is 0.472 e. The lowest BCUT2D eigenvalue weighted by molar-refractivity contribution is -0.301. The van der Waals surface area contributed by atoms with Gasteiger partial charge >= 0.3 is 13.3 Å². The van der Waals surface area contributed by atoms with Crippen LogP contribution in [0, 0.1) is 0 Å². The Balaban J connectivity index is 1.58. The van der Waals surface area contributed by atoms with Gasteiger partial charge in [0.1, 0.15) is 31.0 Å². The molecule has 21 nitrogen and oxygen atoms in total. The van der Waals surface area contributed by atoms with Crippen LogP contribution in [0.5, 0.6) is 0 Å². The van der Waals surface area contributed by atoms with Crippen LogP contribution >= 0.6 is 19.4 Å². The van der Waals surface area contributed by atoms with E-state index in [0.29, 0.717) is 25.8 Å². The maximum absolute atomic E-state index is 12.2. The van der Waals surface area contributed by atoms with Crippen molar-refractivity contribution in [1.29, 1.82) is 0 Å². The Morgan fingerprint density at radius 1 is 1.04 bits per heavy atom. The molecule has 318 valence electrons. The Morgan fingerprint density at radius 2 is 1.78 bits per heavy atom. The smallest absolute Gasteiger partial charge is 0.464 e. The lowest BCUT2D eigenvalue weighted by Gasteiger charge is -2.39. The Bertz CT molecular complexity index is 1340. The molecule has 1 aromatic heterocycles. The number of halogens is 1. The van der Waals surface area contributed by atoms with Gasteiger partial charge in [-0.25, -0.2) is 9.36 Å². The molecule has 23 heteroatoms. The van der Waals surface area contributed by atoms with E-state index in [1.54, 1.807) is 4.68 Å². The summed E-state index contributed by atoms with van der Waals surface area (Å²) < 4.78 is 55.2. The number of unbranched alkanes of at least 4 members (excludes halogenated alkanes) is 2. The zero-order chi connectivity index (χ0) is 41.1. The number of phosphoric ester groups is 1. The summed E-state index contributed by atoms with van der Waals surface area (Å²) in [6.45, 7) is 6.72. The van der Waals surface area contributed by atoms with E-state index in [9.17, 15) is 44.3 Å².